The molecule has 0 fully saturated rings. The van der Waals surface area contributed by atoms with Gasteiger partial charge in [-0.15, -0.1) is 0 Å². The number of phenolic OH excluding ortho intramolecular Hbond substituents is 1. The number of hydrogen-bond donors (Lipinski definition) is 1. The smallest absolute Gasteiger partial charge is 0.331 e. The second-order valence-corrected chi connectivity index (χ2v) is 11.7. The molecule has 2 rings (SSSR count). The first-order valence-corrected chi connectivity index (χ1v) is 12.4. The monoisotopic (exact) mass is 465 g/mol. The number of aromatic hydroxyl groups is 1. The quantitative estimate of drug-likeness (QED) is 0.300. The van der Waals surface area contributed by atoms with Crippen LogP contribution in [0.5, 0.6) is 5.75 Å². The molecule has 0 heterocycles. The first-order valence-electron chi connectivity index (χ1n) is 12.4. The highest BCUT2D eigenvalue weighted by Crippen LogP contribution is 2.30. The molecule has 0 saturated heterocycles. The summed E-state index contributed by atoms with van der Waals surface area (Å²) in [6.07, 6.45) is 3.93. The molecule has 2 unspecified atom stereocenters. The largest absolute Gasteiger partial charge is 0.508 e. The molecule has 0 aromatic heterocycles. The van der Waals surface area contributed by atoms with Gasteiger partial charge < -0.3 is 9.84 Å². The summed E-state index contributed by atoms with van der Waals surface area (Å²) in [7, 11) is 0. The van der Waals surface area contributed by atoms with Crippen molar-refractivity contribution in [1.82, 2.24) is 0 Å². The minimum Gasteiger partial charge on any atom is -0.508 e. The fraction of sp³-hybridized carbons (Fsp3) is 0.533. The van der Waals surface area contributed by atoms with Crippen LogP contribution in [0, 0.1) is 11.3 Å². The van der Waals surface area contributed by atoms with Gasteiger partial charge in [-0.25, -0.2) is 4.79 Å². The predicted octanol–water partition coefficient (Wildman–Crippen LogP) is 7.13. The highest BCUT2D eigenvalue weighted by atomic mass is 16.6. The van der Waals surface area contributed by atoms with E-state index < -0.39 is 11.6 Å². The fourth-order valence-electron chi connectivity index (χ4n) is 4.42. The average Bonchev–Trinajstić information content (AvgIpc) is 2.70. The van der Waals surface area contributed by atoms with Crippen LogP contribution in [0.2, 0.25) is 0 Å². The van der Waals surface area contributed by atoms with Crippen molar-refractivity contribution in [3.8, 4) is 5.75 Å². The molecule has 0 aliphatic carbocycles. The summed E-state index contributed by atoms with van der Waals surface area (Å²) in [5.74, 6) is 0.590. The van der Waals surface area contributed by atoms with Gasteiger partial charge >= 0.3 is 5.97 Å². The van der Waals surface area contributed by atoms with Gasteiger partial charge in [-0.2, -0.15) is 0 Å². The van der Waals surface area contributed by atoms with Gasteiger partial charge in [0, 0.05) is 12.6 Å². The van der Waals surface area contributed by atoms with Crippen LogP contribution in [0.3, 0.4) is 0 Å². The highest BCUT2D eigenvalue weighted by Gasteiger charge is 2.32. The first-order chi connectivity index (χ1) is 15.7. The van der Waals surface area contributed by atoms with E-state index in [1.807, 2.05) is 32.2 Å². The van der Waals surface area contributed by atoms with Crippen molar-refractivity contribution in [2.45, 2.75) is 92.2 Å². The number of rotatable bonds is 10. The SMILES string of the molecule is CC(C=NC(Cc1ccc(O)cc1)C(=O)OC(C)(C)CC(C)(C)C)Cc1ccc(C(C)C)cc1. The van der Waals surface area contributed by atoms with Crippen LogP contribution in [0.25, 0.3) is 0 Å². The number of ether oxygens (including phenoxy) is 1. The molecule has 0 amide bonds. The summed E-state index contributed by atoms with van der Waals surface area (Å²) >= 11 is 0. The number of aliphatic imine (C=N–C) groups is 1. The molecule has 2 aromatic carbocycles. The van der Waals surface area contributed by atoms with Gasteiger partial charge in [-0.05, 0) is 72.8 Å². The van der Waals surface area contributed by atoms with E-state index in [2.05, 4.69) is 65.8 Å². The molecule has 0 spiro atoms. The van der Waals surface area contributed by atoms with Gasteiger partial charge in [0.15, 0.2) is 6.04 Å². The molecule has 34 heavy (non-hydrogen) atoms. The van der Waals surface area contributed by atoms with E-state index in [1.165, 1.54) is 11.1 Å². The third kappa shape index (κ3) is 9.70. The third-order valence-corrected chi connectivity index (χ3v) is 5.69. The molecule has 0 aliphatic rings. The number of nitrogens with zero attached hydrogens (tertiary/aromatic N) is 1. The van der Waals surface area contributed by atoms with Crippen LogP contribution >= 0.6 is 0 Å². The highest BCUT2D eigenvalue weighted by molar-refractivity contribution is 5.79. The lowest BCUT2D eigenvalue weighted by atomic mass is 9.83. The molecule has 2 atom stereocenters. The summed E-state index contributed by atoms with van der Waals surface area (Å²) in [5.41, 5.74) is 2.98. The zero-order valence-electron chi connectivity index (χ0n) is 22.3. The Balaban J connectivity index is 2.14. The summed E-state index contributed by atoms with van der Waals surface area (Å²) < 4.78 is 5.96. The Kier molecular flexibility index (Phi) is 9.49. The molecule has 0 aliphatic heterocycles. The van der Waals surface area contributed by atoms with Crippen LogP contribution in [0.1, 0.15) is 84.4 Å². The van der Waals surface area contributed by atoms with Crippen LogP contribution in [0.4, 0.5) is 0 Å². The van der Waals surface area contributed by atoms with E-state index in [9.17, 15) is 9.90 Å². The number of hydrogen-bond acceptors (Lipinski definition) is 4. The van der Waals surface area contributed by atoms with Crippen molar-refractivity contribution in [1.29, 1.82) is 0 Å². The molecule has 0 bridgehead atoms. The Labute approximate surface area is 206 Å². The standard InChI is InChI=1S/C30H43NO3/c1-21(2)25-13-9-23(10-14-25)17-22(3)19-31-27(18-24-11-15-26(32)16-12-24)28(33)34-30(7,8)20-29(4,5)6/h9-16,19,21-22,27,32H,17-18,20H2,1-8H3. The second-order valence-electron chi connectivity index (χ2n) is 11.7. The zero-order chi connectivity index (χ0) is 25.5. The summed E-state index contributed by atoms with van der Waals surface area (Å²) in [5, 5.41) is 9.60. The Morgan fingerprint density at radius 2 is 1.44 bits per heavy atom. The van der Waals surface area contributed by atoms with Gasteiger partial charge in [0.2, 0.25) is 0 Å². The molecule has 2 aromatic rings. The van der Waals surface area contributed by atoms with Gasteiger partial charge in [0.25, 0.3) is 0 Å². The fourth-order valence-corrected chi connectivity index (χ4v) is 4.42. The molecule has 1 N–H and O–H groups in total. The minimum atomic E-state index is -0.630. The Morgan fingerprint density at radius 3 is 1.97 bits per heavy atom. The number of esters is 1. The van der Waals surface area contributed by atoms with Crippen LogP contribution in [-0.2, 0) is 22.4 Å². The maximum Gasteiger partial charge on any atom is 0.331 e. The van der Waals surface area contributed by atoms with Gasteiger partial charge in [0.05, 0.1) is 0 Å². The van der Waals surface area contributed by atoms with Crippen LogP contribution in [0.15, 0.2) is 53.5 Å². The van der Waals surface area contributed by atoms with Crippen molar-refractivity contribution in [2.24, 2.45) is 16.3 Å². The van der Waals surface area contributed by atoms with Crippen LogP contribution in [-0.4, -0.2) is 28.9 Å². The van der Waals surface area contributed by atoms with E-state index in [1.54, 1.807) is 12.1 Å². The summed E-state index contributed by atoms with van der Waals surface area (Å²) in [6, 6.07) is 15.0. The van der Waals surface area contributed by atoms with Crippen molar-refractivity contribution < 1.29 is 14.6 Å². The predicted molar refractivity (Wildman–Crippen MR) is 142 cm³/mol. The lowest BCUT2D eigenvalue weighted by Gasteiger charge is -2.33. The molecule has 4 nitrogen and oxygen atoms in total. The lowest BCUT2D eigenvalue weighted by molar-refractivity contribution is -0.160. The van der Waals surface area contributed by atoms with E-state index in [4.69, 9.17) is 9.73 Å². The van der Waals surface area contributed by atoms with E-state index in [-0.39, 0.29) is 23.1 Å². The molecular formula is C30H43NO3. The van der Waals surface area contributed by atoms with Crippen molar-refractivity contribution in [2.75, 3.05) is 0 Å². The maximum absolute atomic E-state index is 13.2. The molecule has 0 saturated carbocycles. The molecule has 4 heteroatoms. The topological polar surface area (TPSA) is 58.9 Å². The maximum atomic E-state index is 13.2. The Bertz CT molecular complexity index is 935. The number of carbonyl (C=O) groups excluding carboxylic acids is 1. The number of carbonyl (C=O) groups is 1. The number of benzene rings is 2. The van der Waals surface area contributed by atoms with Crippen molar-refractivity contribution in [3.63, 3.8) is 0 Å². The van der Waals surface area contributed by atoms with Gasteiger partial charge in [-0.3, -0.25) is 4.99 Å². The third-order valence-electron chi connectivity index (χ3n) is 5.69. The van der Waals surface area contributed by atoms with Gasteiger partial charge in [0.1, 0.15) is 11.4 Å². The van der Waals surface area contributed by atoms with E-state index >= 15 is 0 Å². The van der Waals surface area contributed by atoms with Crippen molar-refractivity contribution in [3.05, 3.63) is 65.2 Å². The van der Waals surface area contributed by atoms with E-state index in [0.29, 0.717) is 12.3 Å². The second kappa shape index (κ2) is 11.7. The van der Waals surface area contributed by atoms with Crippen molar-refractivity contribution >= 4 is 12.2 Å². The van der Waals surface area contributed by atoms with E-state index in [0.717, 1.165) is 18.4 Å². The molecule has 186 valence electrons. The summed E-state index contributed by atoms with van der Waals surface area (Å²) in [6.45, 7) is 16.9. The van der Waals surface area contributed by atoms with Gasteiger partial charge in [-0.1, -0.05) is 77.9 Å². The minimum absolute atomic E-state index is 0.0408. The van der Waals surface area contributed by atoms with Crippen LogP contribution < -0.4 is 0 Å². The molecular weight excluding hydrogens is 422 g/mol. The molecule has 0 radical (unpaired) electrons. The normalized spacial score (nSPS) is 14.4. The first kappa shape index (κ1) is 27.6. The summed E-state index contributed by atoms with van der Waals surface area (Å²) in [4.78, 5) is 17.9. The Hall–Kier alpha value is -2.62. The average molecular weight is 466 g/mol. The zero-order valence-corrected chi connectivity index (χ0v) is 22.3. The Morgan fingerprint density at radius 1 is 0.912 bits per heavy atom. The number of phenols is 1. The lowest BCUT2D eigenvalue weighted by Crippen LogP contribution is -2.37.